The Morgan fingerprint density at radius 1 is 1.00 bits per heavy atom. The molecular weight excluding hydrogens is 442 g/mol. The highest BCUT2D eigenvalue weighted by atomic mass is 35.5. The second-order valence-electron chi connectivity index (χ2n) is 8.92. The van der Waals surface area contributed by atoms with Gasteiger partial charge in [0.2, 0.25) is 0 Å². The van der Waals surface area contributed by atoms with Gasteiger partial charge >= 0.3 is 11.9 Å². The van der Waals surface area contributed by atoms with Crippen LogP contribution < -0.4 is 5.32 Å². The van der Waals surface area contributed by atoms with Crippen LogP contribution in [0.1, 0.15) is 60.7 Å². The number of amides is 1. The van der Waals surface area contributed by atoms with Crippen LogP contribution >= 0.6 is 11.6 Å². The van der Waals surface area contributed by atoms with Crippen LogP contribution in [-0.4, -0.2) is 30.6 Å². The van der Waals surface area contributed by atoms with Gasteiger partial charge in [-0.3, -0.25) is 4.79 Å². The number of esters is 2. The molecule has 1 aliphatic carbocycles. The first-order chi connectivity index (χ1) is 15.8. The number of benzene rings is 2. The molecule has 2 aromatic rings. The molecule has 1 saturated carbocycles. The van der Waals surface area contributed by atoms with E-state index in [1.165, 1.54) is 6.07 Å². The van der Waals surface area contributed by atoms with Crippen molar-refractivity contribution in [2.45, 2.75) is 46.1 Å². The predicted molar refractivity (Wildman–Crippen MR) is 127 cm³/mol. The van der Waals surface area contributed by atoms with E-state index in [4.69, 9.17) is 21.1 Å². The number of carbonyl (C=O) groups excluding carboxylic acids is 3. The van der Waals surface area contributed by atoms with E-state index in [1.807, 2.05) is 0 Å². The Morgan fingerprint density at radius 2 is 1.64 bits per heavy atom. The van der Waals surface area contributed by atoms with Crippen molar-refractivity contribution in [2.24, 2.45) is 17.8 Å². The minimum Gasteiger partial charge on any atom is -0.458 e. The fraction of sp³-hybridized carbons (Fsp3) is 0.423. The first kappa shape index (κ1) is 24.8. The van der Waals surface area contributed by atoms with E-state index in [1.54, 1.807) is 42.5 Å². The quantitative estimate of drug-likeness (QED) is 0.519. The molecule has 0 bridgehead atoms. The first-order valence-corrected chi connectivity index (χ1v) is 11.7. The lowest BCUT2D eigenvalue weighted by Gasteiger charge is -2.36. The summed E-state index contributed by atoms with van der Waals surface area (Å²) in [6.45, 7) is 5.93. The van der Waals surface area contributed by atoms with Gasteiger partial charge in [-0.15, -0.1) is 0 Å². The Hall–Kier alpha value is -2.86. The molecular formula is C26H30ClNO5. The summed E-state index contributed by atoms with van der Waals surface area (Å²) >= 11 is 6.03. The standard InChI is InChI=1S/C26H30ClNO5/c1-16(2)18-13-12-17(3)14-23(18)33-26(31)20-9-5-4-8-19(20)25(30)32-15-24(29)28-22-11-7-6-10-21(22)27/h4-11,16-18,23H,12-15H2,1-3H3,(H,28,29)/t17-,18+,23-/m1/s1. The van der Waals surface area contributed by atoms with Crippen LogP contribution in [0.25, 0.3) is 0 Å². The zero-order valence-electron chi connectivity index (χ0n) is 19.2. The lowest BCUT2D eigenvalue weighted by atomic mass is 9.75. The monoisotopic (exact) mass is 471 g/mol. The summed E-state index contributed by atoms with van der Waals surface area (Å²) in [5.41, 5.74) is 0.623. The maximum absolute atomic E-state index is 13.0. The van der Waals surface area contributed by atoms with Crippen molar-refractivity contribution in [3.63, 3.8) is 0 Å². The fourth-order valence-corrected chi connectivity index (χ4v) is 4.43. The fourth-order valence-electron chi connectivity index (χ4n) is 4.25. The molecule has 7 heteroatoms. The second kappa shape index (κ2) is 11.3. The van der Waals surface area contributed by atoms with Crippen molar-refractivity contribution < 1.29 is 23.9 Å². The number of carbonyl (C=O) groups is 3. The molecule has 1 aliphatic rings. The molecule has 2 aromatic carbocycles. The summed E-state index contributed by atoms with van der Waals surface area (Å²) in [5.74, 6) is -0.686. The van der Waals surface area contributed by atoms with Gasteiger partial charge in [-0.2, -0.15) is 0 Å². The first-order valence-electron chi connectivity index (χ1n) is 11.3. The van der Waals surface area contributed by atoms with Crippen molar-refractivity contribution in [1.82, 2.24) is 0 Å². The van der Waals surface area contributed by atoms with E-state index in [0.717, 1.165) is 19.3 Å². The lowest BCUT2D eigenvalue weighted by molar-refractivity contribution is -0.119. The molecule has 176 valence electrons. The Morgan fingerprint density at radius 3 is 2.30 bits per heavy atom. The molecule has 0 aliphatic heterocycles. The van der Waals surface area contributed by atoms with E-state index in [9.17, 15) is 14.4 Å². The highest BCUT2D eigenvalue weighted by Crippen LogP contribution is 2.36. The molecule has 6 nitrogen and oxygen atoms in total. The number of ether oxygens (including phenoxy) is 2. The molecule has 3 atom stereocenters. The van der Waals surface area contributed by atoms with E-state index in [0.29, 0.717) is 22.5 Å². The molecule has 0 radical (unpaired) electrons. The van der Waals surface area contributed by atoms with Gasteiger partial charge in [-0.25, -0.2) is 9.59 Å². The molecule has 0 heterocycles. The average molecular weight is 472 g/mol. The molecule has 3 rings (SSSR count). The third-order valence-corrected chi connectivity index (χ3v) is 6.40. The minimum absolute atomic E-state index is 0.0676. The van der Waals surface area contributed by atoms with E-state index in [2.05, 4.69) is 26.1 Å². The molecule has 0 unspecified atom stereocenters. The van der Waals surface area contributed by atoms with Crippen molar-refractivity contribution >= 4 is 35.1 Å². The molecule has 1 amide bonds. The van der Waals surface area contributed by atoms with Gasteiger partial charge in [0.1, 0.15) is 6.10 Å². The van der Waals surface area contributed by atoms with Crippen molar-refractivity contribution in [3.05, 3.63) is 64.7 Å². The largest absolute Gasteiger partial charge is 0.458 e. The van der Waals surface area contributed by atoms with Gasteiger partial charge < -0.3 is 14.8 Å². The van der Waals surface area contributed by atoms with Gasteiger partial charge in [0, 0.05) is 0 Å². The molecule has 0 aromatic heterocycles. The smallest absolute Gasteiger partial charge is 0.339 e. The summed E-state index contributed by atoms with van der Waals surface area (Å²) in [4.78, 5) is 37.9. The van der Waals surface area contributed by atoms with Gasteiger partial charge in [0.25, 0.3) is 5.91 Å². The number of anilines is 1. The molecule has 1 N–H and O–H groups in total. The third kappa shape index (κ3) is 6.57. The Kier molecular flexibility index (Phi) is 8.50. The minimum atomic E-state index is -0.769. The lowest BCUT2D eigenvalue weighted by Crippen LogP contribution is -2.36. The van der Waals surface area contributed by atoms with Gasteiger partial charge in [0.15, 0.2) is 6.61 Å². The van der Waals surface area contributed by atoms with Crippen LogP contribution in [0.3, 0.4) is 0 Å². The van der Waals surface area contributed by atoms with Crippen molar-refractivity contribution in [2.75, 3.05) is 11.9 Å². The predicted octanol–water partition coefficient (Wildman–Crippen LogP) is 5.75. The Balaban J connectivity index is 1.65. The van der Waals surface area contributed by atoms with E-state index in [-0.39, 0.29) is 23.1 Å². The normalized spacial score (nSPS) is 20.2. The van der Waals surface area contributed by atoms with Gasteiger partial charge in [-0.05, 0) is 54.9 Å². The average Bonchev–Trinajstić information content (AvgIpc) is 2.79. The summed E-state index contributed by atoms with van der Waals surface area (Å²) in [6.07, 6.45) is 2.76. The van der Waals surface area contributed by atoms with E-state index >= 15 is 0 Å². The topological polar surface area (TPSA) is 81.7 Å². The number of halogens is 1. The molecule has 1 fully saturated rings. The second-order valence-corrected chi connectivity index (χ2v) is 9.33. The number of hydrogen-bond acceptors (Lipinski definition) is 5. The summed E-state index contributed by atoms with van der Waals surface area (Å²) in [5, 5.41) is 2.97. The van der Waals surface area contributed by atoms with Crippen molar-refractivity contribution in [1.29, 1.82) is 0 Å². The van der Waals surface area contributed by atoms with Crippen LogP contribution in [0.4, 0.5) is 5.69 Å². The maximum Gasteiger partial charge on any atom is 0.339 e. The summed E-state index contributed by atoms with van der Waals surface area (Å²) < 4.78 is 11.0. The maximum atomic E-state index is 13.0. The SMILES string of the molecule is CC(C)[C@@H]1CC[C@@H](C)C[C@H]1OC(=O)c1ccccc1C(=O)OCC(=O)Nc1ccccc1Cl. The Labute approximate surface area is 199 Å². The van der Waals surface area contributed by atoms with Crippen LogP contribution in [-0.2, 0) is 14.3 Å². The molecule has 0 spiro atoms. The molecule has 33 heavy (non-hydrogen) atoms. The Bertz CT molecular complexity index is 1010. The molecule has 0 saturated heterocycles. The van der Waals surface area contributed by atoms with Crippen molar-refractivity contribution in [3.8, 4) is 0 Å². The highest BCUT2D eigenvalue weighted by molar-refractivity contribution is 6.33. The van der Waals surface area contributed by atoms with Crippen LogP contribution in [0.15, 0.2) is 48.5 Å². The van der Waals surface area contributed by atoms with Gasteiger partial charge in [0.05, 0.1) is 21.8 Å². The number of nitrogens with one attached hydrogen (secondary N) is 1. The summed E-state index contributed by atoms with van der Waals surface area (Å²) in [6, 6.07) is 13.1. The summed E-state index contributed by atoms with van der Waals surface area (Å²) in [7, 11) is 0. The zero-order chi connectivity index (χ0) is 24.0. The van der Waals surface area contributed by atoms with E-state index < -0.39 is 24.5 Å². The van der Waals surface area contributed by atoms with Crippen LogP contribution in [0.2, 0.25) is 5.02 Å². The number of para-hydroxylation sites is 1. The number of hydrogen-bond donors (Lipinski definition) is 1. The van der Waals surface area contributed by atoms with Crippen LogP contribution in [0, 0.1) is 17.8 Å². The highest BCUT2D eigenvalue weighted by Gasteiger charge is 2.34. The van der Waals surface area contributed by atoms with Gasteiger partial charge in [-0.1, -0.05) is 63.1 Å². The van der Waals surface area contributed by atoms with Crippen LogP contribution in [0.5, 0.6) is 0 Å². The number of rotatable bonds is 7. The third-order valence-electron chi connectivity index (χ3n) is 6.07. The zero-order valence-corrected chi connectivity index (χ0v) is 19.9.